The highest BCUT2D eigenvalue weighted by Gasteiger charge is 2.30. The molecule has 0 saturated carbocycles. The summed E-state index contributed by atoms with van der Waals surface area (Å²) in [4.78, 5) is 4.21. The molecule has 16 heavy (non-hydrogen) atoms. The molecule has 1 atom stereocenters. The third-order valence-electron chi connectivity index (χ3n) is 2.82. The van der Waals surface area contributed by atoms with Crippen LogP contribution in [0.5, 0.6) is 0 Å². The Bertz CT molecular complexity index is 502. The van der Waals surface area contributed by atoms with Crippen LogP contribution in [0.25, 0.3) is 0 Å². The van der Waals surface area contributed by atoms with E-state index in [-0.39, 0.29) is 17.4 Å². The summed E-state index contributed by atoms with van der Waals surface area (Å²) in [5, 5.41) is 0.379. The lowest BCUT2D eigenvalue weighted by Gasteiger charge is -2.09. The maximum Gasteiger partial charge on any atom is 0.151 e. The van der Waals surface area contributed by atoms with E-state index >= 15 is 0 Å². The Kier molecular flexibility index (Phi) is 3.19. The van der Waals surface area contributed by atoms with Gasteiger partial charge < -0.3 is 5.73 Å². The maximum atomic E-state index is 11.3. The van der Waals surface area contributed by atoms with Crippen LogP contribution in [0.2, 0.25) is 5.15 Å². The number of aromatic nitrogens is 1. The van der Waals surface area contributed by atoms with Crippen LogP contribution < -0.4 is 5.73 Å². The highest BCUT2D eigenvalue weighted by Crippen LogP contribution is 2.28. The van der Waals surface area contributed by atoms with Gasteiger partial charge in [-0.1, -0.05) is 17.7 Å². The molecule has 0 aliphatic carbocycles. The Morgan fingerprint density at radius 2 is 2.25 bits per heavy atom. The zero-order valence-electron chi connectivity index (χ0n) is 8.69. The van der Waals surface area contributed by atoms with Gasteiger partial charge in [-0.05, 0) is 12.5 Å². The van der Waals surface area contributed by atoms with Crippen molar-refractivity contribution in [1.29, 1.82) is 0 Å². The van der Waals surface area contributed by atoms with E-state index in [4.69, 9.17) is 17.3 Å². The average Bonchev–Trinajstić information content (AvgIpc) is 2.59. The Labute approximate surface area is 99.7 Å². The van der Waals surface area contributed by atoms with Gasteiger partial charge in [-0.2, -0.15) is 0 Å². The van der Waals surface area contributed by atoms with Gasteiger partial charge in [0.05, 0.1) is 11.5 Å². The Morgan fingerprint density at radius 1 is 1.50 bits per heavy atom. The molecule has 1 aromatic heterocycles. The number of nitrogens with zero attached hydrogens (tertiary/aromatic N) is 1. The molecule has 1 aliphatic heterocycles. The molecule has 0 aromatic carbocycles. The van der Waals surface area contributed by atoms with Crippen LogP contribution in [-0.2, 0) is 16.4 Å². The first-order chi connectivity index (χ1) is 7.52. The fraction of sp³-hybridized carbons (Fsp3) is 0.500. The van der Waals surface area contributed by atoms with E-state index in [2.05, 4.69) is 4.98 Å². The van der Waals surface area contributed by atoms with E-state index in [1.54, 1.807) is 0 Å². The summed E-state index contributed by atoms with van der Waals surface area (Å²) in [6.07, 6.45) is 0.633. The summed E-state index contributed by atoms with van der Waals surface area (Å²) >= 11 is 5.94. The minimum atomic E-state index is -2.88. The van der Waals surface area contributed by atoms with Crippen molar-refractivity contribution in [1.82, 2.24) is 4.98 Å². The molecular formula is C10H13ClN2O2S. The monoisotopic (exact) mass is 260 g/mol. The molecule has 0 amide bonds. The molecule has 2 rings (SSSR count). The van der Waals surface area contributed by atoms with Crippen LogP contribution >= 0.6 is 11.6 Å². The number of pyridine rings is 1. The SMILES string of the molecule is NCc1ccc(C2CCS(=O)(=O)C2)nc1Cl. The lowest BCUT2D eigenvalue weighted by molar-refractivity contribution is 0.601. The molecule has 1 fully saturated rings. The fourth-order valence-electron chi connectivity index (χ4n) is 1.89. The van der Waals surface area contributed by atoms with Crippen molar-refractivity contribution >= 4 is 21.4 Å². The molecule has 1 saturated heterocycles. The van der Waals surface area contributed by atoms with Crippen molar-refractivity contribution in [3.8, 4) is 0 Å². The molecule has 1 aromatic rings. The molecule has 0 bridgehead atoms. The van der Waals surface area contributed by atoms with Gasteiger partial charge in [-0.15, -0.1) is 0 Å². The van der Waals surface area contributed by atoms with Crippen molar-refractivity contribution in [3.05, 3.63) is 28.5 Å². The van der Waals surface area contributed by atoms with Crippen LogP contribution in [0.4, 0.5) is 0 Å². The summed E-state index contributed by atoms with van der Waals surface area (Å²) in [6.45, 7) is 0.342. The van der Waals surface area contributed by atoms with E-state index in [1.807, 2.05) is 12.1 Å². The number of rotatable bonds is 2. The zero-order chi connectivity index (χ0) is 11.8. The van der Waals surface area contributed by atoms with Crippen LogP contribution in [0, 0.1) is 0 Å². The Balaban J connectivity index is 2.26. The highest BCUT2D eigenvalue weighted by atomic mass is 35.5. The minimum Gasteiger partial charge on any atom is -0.326 e. The normalized spacial score (nSPS) is 23.5. The Morgan fingerprint density at radius 3 is 2.75 bits per heavy atom. The van der Waals surface area contributed by atoms with Crippen LogP contribution in [-0.4, -0.2) is 24.9 Å². The van der Waals surface area contributed by atoms with E-state index in [0.717, 1.165) is 11.3 Å². The zero-order valence-corrected chi connectivity index (χ0v) is 10.3. The minimum absolute atomic E-state index is 0.0191. The predicted molar refractivity (Wildman–Crippen MR) is 63.2 cm³/mol. The Hall–Kier alpha value is -0.650. The third-order valence-corrected chi connectivity index (χ3v) is 4.91. The van der Waals surface area contributed by atoms with Gasteiger partial charge in [0.1, 0.15) is 5.15 Å². The van der Waals surface area contributed by atoms with E-state index < -0.39 is 9.84 Å². The molecule has 1 aliphatic rings. The smallest absolute Gasteiger partial charge is 0.151 e. The first-order valence-electron chi connectivity index (χ1n) is 5.07. The topological polar surface area (TPSA) is 73.1 Å². The largest absolute Gasteiger partial charge is 0.326 e. The summed E-state index contributed by atoms with van der Waals surface area (Å²) < 4.78 is 22.7. The number of nitrogens with two attached hydrogens (primary N) is 1. The molecule has 2 N–H and O–H groups in total. The third kappa shape index (κ3) is 2.36. The number of sulfone groups is 1. The van der Waals surface area contributed by atoms with Gasteiger partial charge >= 0.3 is 0 Å². The average molecular weight is 261 g/mol. The van der Waals surface area contributed by atoms with Crippen LogP contribution in [0.15, 0.2) is 12.1 Å². The standard InChI is InChI=1S/C10H13ClN2O2S/c11-10-7(5-12)1-2-9(13-10)8-3-4-16(14,15)6-8/h1-2,8H,3-6,12H2. The predicted octanol–water partition coefficient (Wildman–Crippen LogP) is 1.10. The maximum absolute atomic E-state index is 11.3. The first kappa shape index (κ1) is 11.8. The van der Waals surface area contributed by atoms with Gasteiger partial charge in [-0.25, -0.2) is 13.4 Å². The van der Waals surface area contributed by atoms with E-state index in [0.29, 0.717) is 18.1 Å². The summed E-state index contributed by atoms with van der Waals surface area (Å²) in [5.41, 5.74) is 7.01. The van der Waals surface area contributed by atoms with E-state index in [1.165, 1.54) is 0 Å². The van der Waals surface area contributed by atoms with Crippen molar-refractivity contribution in [3.63, 3.8) is 0 Å². The summed E-state index contributed by atoms with van der Waals surface area (Å²) in [5.74, 6) is 0.405. The van der Waals surface area contributed by atoms with E-state index in [9.17, 15) is 8.42 Å². The van der Waals surface area contributed by atoms with Crippen molar-refractivity contribution < 1.29 is 8.42 Å². The van der Waals surface area contributed by atoms with Crippen molar-refractivity contribution in [2.24, 2.45) is 5.73 Å². The lowest BCUT2D eigenvalue weighted by atomic mass is 10.0. The van der Waals surface area contributed by atoms with Crippen molar-refractivity contribution in [2.45, 2.75) is 18.9 Å². The van der Waals surface area contributed by atoms with Gasteiger partial charge in [0.25, 0.3) is 0 Å². The lowest BCUT2D eigenvalue weighted by Crippen LogP contribution is -2.07. The highest BCUT2D eigenvalue weighted by molar-refractivity contribution is 7.91. The molecule has 6 heteroatoms. The van der Waals surface area contributed by atoms with Gasteiger partial charge in [0.15, 0.2) is 9.84 Å². The quantitative estimate of drug-likeness (QED) is 0.808. The van der Waals surface area contributed by atoms with Gasteiger partial charge in [-0.3, -0.25) is 0 Å². The molecule has 88 valence electrons. The second-order valence-electron chi connectivity index (χ2n) is 3.99. The molecule has 0 spiro atoms. The van der Waals surface area contributed by atoms with Crippen molar-refractivity contribution in [2.75, 3.05) is 11.5 Å². The summed E-state index contributed by atoms with van der Waals surface area (Å²) in [7, 11) is -2.88. The molecule has 4 nitrogen and oxygen atoms in total. The molecule has 0 radical (unpaired) electrons. The first-order valence-corrected chi connectivity index (χ1v) is 7.27. The number of hydrogen-bond donors (Lipinski definition) is 1. The second kappa shape index (κ2) is 4.31. The number of halogens is 1. The molecule has 2 heterocycles. The van der Waals surface area contributed by atoms with Crippen LogP contribution in [0.3, 0.4) is 0 Å². The second-order valence-corrected chi connectivity index (χ2v) is 6.58. The number of hydrogen-bond acceptors (Lipinski definition) is 4. The van der Waals surface area contributed by atoms with Gasteiger partial charge in [0.2, 0.25) is 0 Å². The van der Waals surface area contributed by atoms with Gasteiger partial charge in [0, 0.05) is 23.7 Å². The molecular weight excluding hydrogens is 248 g/mol. The fourth-order valence-corrected chi connectivity index (χ4v) is 3.88. The summed E-state index contributed by atoms with van der Waals surface area (Å²) in [6, 6.07) is 3.63. The van der Waals surface area contributed by atoms with Crippen LogP contribution in [0.1, 0.15) is 23.6 Å². The molecule has 1 unspecified atom stereocenters.